The lowest BCUT2D eigenvalue weighted by molar-refractivity contribution is 0.179. The molecule has 0 aromatic carbocycles. The number of nitrogens with two attached hydrogens (primary N) is 1. The molecule has 1 rings (SSSR count). The van der Waals surface area contributed by atoms with E-state index in [1.165, 1.54) is 12.3 Å². The Bertz CT molecular complexity index is 521. The number of nitrogens with zero attached hydrogens (tertiary/aromatic N) is 2. The summed E-state index contributed by atoms with van der Waals surface area (Å²) >= 11 is 0. The van der Waals surface area contributed by atoms with Gasteiger partial charge in [-0.15, -0.1) is 0 Å². The number of nitrogens with one attached hydrogen (secondary N) is 1. The molecule has 0 aliphatic carbocycles. The van der Waals surface area contributed by atoms with Crippen LogP contribution in [-0.2, 0) is 10.0 Å². The number of nitrogen functional groups attached to an aromatic ring is 1. The predicted molar refractivity (Wildman–Crippen MR) is 80.8 cm³/mol. The summed E-state index contributed by atoms with van der Waals surface area (Å²) in [6, 6.07) is 3.85. The fourth-order valence-electron chi connectivity index (χ4n) is 2.12. The minimum atomic E-state index is -3.65. The summed E-state index contributed by atoms with van der Waals surface area (Å²) in [5, 5.41) is -0.111. The van der Waals surface area contributed by atoms with Crippen LogP contribution >= 0.6 is 0 Å². The van der Waals surface area contributed by atoms with Gasteiger partial charge in [0.05, 0.1) is 5.69 Å². The van der Waals surface area contributed by atoms with Gasteiger partial charge in [0.2, 0.25) is 0 Å². The van der Waals surface area contributed by atoms with E-state index in [0.717, 1.165) is 0 Å². The van der Waals surface area contributed by atoms with Crippen LogP contribution in [0.1, 0.15) is 27.7 Å². The van der Waals surface area contributed by atoms with E-state index in [-0.39, 0.29) is 10.7 Å². The van der Waals surface area contributed by atoms with Crippen LogP contribution in [0.3, 0.4) is 0 Å². The molecule has 1 aromatic heterocycles. The number of rotatable bonds is 7. The highest BCUT2D eigenvalue weighted by atomic mass is 32.2. The molecule has 0 bridgehead atoms. The second kappa shape index (κ2) is 7.01. The van der Waals surface area contributed by atoms with Crippen molar-refractivity contribution in [2.24, 2.45) is 0 Å². The van der Waals surface area contributed by atoms with Gasteiger partial charge in [0.25, 0.3) is 10.0 Å². The highest BCUT2D eigenvalue weighted by Gasteiger charge is 2.19. The van der Waals surface area contributed by atoms with Gasteiger partial charge < -0.3 is 5.73 Å². The largest absolute Gasteiger partial charge is 0.396 e. The van der Waals surface area contributed by atoms with Crippen LogP contribution in [-0.4, -0.2) is 43.5 Å². The SMILES string of the molecule is CC(C)N(CCNS(=O)(=O)c1ncccc1N)C(C)C. The molecule has 114 valence electrons. The average Bonchev–Trinajstić information content (AvgIpc) is 2.34. The molecule has 0 amide bonds. The van der Waals surface area contributed by atoms with E-state index in [1.807, 2.05) is 0 Å². The first-order chi connectivity index (χ1) is 9.25. The summed E-state index contributed by atoms with van der Waals surface area (Å²) in [7, 11) is -3.65. The topological polar surface area (TPSA) is 88.3 Å². The van der Waals surface area contributed by atoms with Crippen molar-refractivity contribution < 1.29 is 8.42 Å². The number of aromatic nitrogens is 1. The maximum Gasteiger partial charge on any atom is 0.260 e. The quantitative estimate of drug-likeness (QED) is 0.786. The van der Waals surface area contributed by atoms with Gasteiger partial charge in [0.15, 0.2) is 5.03 Å². The van der Waals surface area contributed by atoms with Crippen molar-refractivity contribution in [2.45, 2.75) is 44.8 Å². The second-order valence-corrected chi connectivity index (χ2v) is 6.90. The number of hydrogen-bond acceptors (Lipinski definition) is 5. The highest BCUT2D eigenvalue weighted by molar-refractivity contribution is 7.89. The predicted octanol–water partition coefficient (Wildman–Crippen LogP) is 1.06. The minimum absolute atomic E-state index is 0.111. The van der Waals surface area contributed by atoms with Gasteiger partial charge in [0, 0.05) is 31.4 Å². The molecule has 20 heavy (non-hydrogen) atoms. The average molecular weight is 300 g/mol. The first-order valence-electron chi connectivity index (χ1n) is 6.71. The fraction of sp³-hybridized carbons (Fsp3) is 0.615. The zero-order valence-corrected chi connectivity index (χ0v) is 13.3. The van der Waals surface area contributed by atoms with Gasteiger partial charge in [-0.3, -0.25) is 4.90 Å². The molecule has 0 aliphatic rings. The van der Waals surface area contributed by atoms with Gasteiger partial charge in [-0.25, -0.2) is 18.1 Å². The Hall–Kier alpha value is -1.18. The Morgan fingerprint density at radius 2 is 1.90 bits per heavy atom. The van der Waals surface area contributed by atoms with Crippen molar-refractivity contribution in [1.82, 2.24) is 14.6 Å². The third kappa shape index (κ3) is 4.43. The Morgan fingerprint density at radius 3 is 2.40 bits per heavy atom. The van der Waals surface area contributed by atoms with Crippen LogP contribution in [0.4, 0.5) is 5.69 Å². The number of hydrogen-bond donors (Lipinski definition) is 2. The van der Waals surface area contributed by atoms with Crippen LogP contribution in [0.15, 0.2) is 23.4 Å². The number of pyridine rings is 1. The van der Waals surface area contributed by atoms with Gasteiger partial charge in [-0.1, -0.05) is 0 Å². The standard InChI is InChI=1S/C13H24N4O2S/c1-10(2)17(11(3)4)9-8-16-20(18,19)13-12(14)6-5-7-15-13/h5-7,10-11,16H,8-9,14H2,1-4H3. The molecule has 1 aromatic rings. The van der Waals surface area contributed by atoms with Crippen LogP contribution in [0.5, 0.6) is 0 Å². The highest BCUT2D eigenvalue weighted by Crippen LogP contribution is 2.13. The molecular weight excluding hydrogens is 276 g/mol. The van der Waals surface area contributed by atoms with Gasteiger partial charge in [-0.05, 0) is 39.8 Å². The van der Waals surface area contributed by atoms with Gasteiger partial charge in [-0.2, -0.15) is 0 Å². The summed E-state index contributed by atoms with van der Waals surface area (Å²) in [6.07, 6.45) is 1.42. The van der Waals surface area contributed by atoms with E-state index < -0.39 is 10.0 Å². The molecule has 7 heteroatoms. The minimum Gasteiger partial charge on any atom is -0.396 e. The molecule has 0 saturated heterocycles. The van der Waals surface area contributed by atoms with Gasteiger partial charge >= 0.3 is 0 Å². The Morgan fingerprint density at radius 1 is 1.30 bits per heavy atom. The third-order valence-corrected chi connectivity index (χ3v) is 4.48. The zero-order valence-electron chi connectivity index (χ0n) is 12.5. The van der Waals surface area contributed by atoms with Crippen molar-refractivity contribution >= 4 is 15.7 Å². The summed E-state index contributed by atoms with van der Waals surface area (Å²) in [4.78, 5) is 6.04. The van der Waals surface area contributed by atoms with E-state index in [4.69, 9.17) is 5.73 Å². The fourth-order valence-corrected chi connectivity index (χ4v) is 3.19. The van der Waals surface area contributed by atoms with Crippen LogP contribution in [0, 0.1) is 0 Å². The van der Waals surface area contributed by atoms with Gasteiger partial charge in [0.1, 0.15) is 0 Å². The molecule has 0 aliphatic heterocycles. The molecule has 6 nitrogen and oxygen atoms in total. The maximum atomic E-state index is 12.1. The van der Waals surface area contributed by atoms with Crippen molar-refractivity contribution in [3.8, 4) is 0 Å². The molecule has 0 unspecified atom stereocenters. The summed E-state index contributed by atoms with van der Waals surface area (Å²) in [5.74, 6) is 0. The summed E-state index contributed by atoms with van der Waals surface area (Å²) < 4.78 is 26.7. The molecule has 0 atom stereocenters. The van der Waals surface area contributed by atoms with Crippen molar-refractivity contribution in [3.63, 3.8) is 0 Å². The number of sulfonamides is 1. The maximum absolute atomic E-state index is 12.1. The van der Waals surface area contributed by atoms with Crippen LogP contribution in [0.25, 0.3) is 0 Å². The van der Waals surface area contributed by atoms with E-state index in [1.54, 1.807) is 6.07 Å². The molecule has 0 saturated carbocycles. The third-order valence-electron chi connectivity index (χ3n) is 3.04. The monoisotopic (exact) mass is 300 g/mol. The van der Waals surface area contributed by atoms with E-state index in [2.05, 4.69) is 42.3 Å². The lowest BCUT2D eigenvalue weighted by Crippen LogP contribution is -2.42. The zero-order chi connectivity index (χ0) is 15.3. The lowest BCUT2D eigenvalue weighted by atomic mass is 10.2. The Balaban J connectivity index is 2.68. The van der Waals surface area contributed by atoms with Crippen molar-refractivity contribution in [2.75, 3.05) is 18.8 Å². The molecule has 3 N–H and O–H groups in total. The second-order valence-electron chi connectivity index (χ2n) is 5.22. The molecule has 0 radical (unpaired) electrons. The van der Waals surface area contributed by atoms with Crippen LogP contribution < -0.4 is 10.5 Å². The smallest absolute Gasteiger partial charge is 0.260 e. The number of anilines is 1. The Labute approximate surface area is 121 Å². The summed E-state index contributed by atoms with van der Waals surface area (Å²) in [5.41, 5.74) is 5.80. The molecule has 0 fully saturated rings. The Kier molecular flexibility index (Phi) is 5.91. The summed E-state index contributed by atoms with van der Waals surface area (Å²) in [6.45, 7) is 9.32. The normalized spacial score (nSPS) is 12.6. The molecule has 1 heterocycles. The first-order valence-corrected chi connectivity index (χ1v) is 8.20. The van der Waals surface area contributed by atoms with E-state index >= 15 is 0 Å². The molecular formula is C13H24N4O2S. The lowest BCUT2D eigenvalue weighted by Gasteiger charge is -2.30. The molecule has 0 spiro atoms. The van der Waals surface area contributed by atoms with Crippen LogP contribution in [0.2, 0.25) is 0 Å². The van der Waals surface area contributed by atoms with Crippen molar-refractivity contribution in [3.05, 3.63) is 18.3 Å². The first kappa shape index (κ1) is 16.9. The van der Waals surface area contributed by atoms with E-state index in [0.29, 0.717) is 25.2 Å². The van der Waals surface area contributed by atoms with Crippen molar-refractivity contribution in [1.29, 1.82) is 0 Å². The van der Waals surface area contributed by atoms with E-state index in [9.17, 15) is 8.42 Å².